The second-order valence-corrected chi connectivity index (χ2v) is 20.5. The summed E-state index contributed by atoms with van der Waals surface area (Å²) in [6.07, 6.45) is 10.8. The van der Waals surface area contributed by atoms with Crippen LogP contribution in [0.5, 0.6) is 0 Å². The molecule has 5 aliphatic carbocycles. The maximum absolute atomic E-state index is 2.72. The van der Waals surface area contributed by atoms with Gasteiger partial charge in [0, 0.05) is 33.3 Å². The zero-order valence-electron chi connectivity index (χ0n) is 37.6. The Morgan fingerprint density at radius 3 is 1.51 bits per heavy atom. The molecule has 0 N–H and O–H groups in total. The Bertz CT molecular complexity index is 3050. The van der Waals surface area contributed by atoms with Crippen LogP contribution in [0.4, 0.5) is 17.1 Å². The molecule has 2 spiro atoms. The molecule has 1 nitrogen and oxygen atoms in total. The zero-order chi connectivity index (χ0) is 43.2. The van der Waals surface area contributed by atoms with Gasteiger partial charge < -0.3 is 4.90 Å². The van der Waals surface area contributed by atoms with Gasteiger partial charge in [0.25, 0.3) is 0 Å². The summed E-state index contributed by atoms with van der Waals surface area (Å²) in [5, 5.41) is 0. The van der Waals surface area contributed by atoms with Crippen molar-refractivity contribution < 1.29 is 0 Å². The van der Waals surface area contributed by atoms with Crippen LogP contribution in [0.15, 0.2) is 200 Å². The van der Waals surface area contributed by atoms with Crippen molar-refractivity contribution in [1.82, 2.24) is 0 Å². The molecule has 0 saturated heterocycles. The summed E-state index contributed by atoms with van der Waals surface area (Å²) in [6, 6.07) is 78.0. The van der Waals surface area contributed by atoms with E-state index >= 15 is 0 Å². The number of benzene rings is 8. The molecule has 318 valence electrons. The molecule has 8 aromatic rings. The van der Waals surface area contributed by atoms with E-state index in [2.05, 4.69) is 212 Å². The molecule has 0 aromatic heterocycles. The van der Waals surface area contributed by atoms with Crippen LogP contribution in [0.25, 0.3) is 33.4 Å². The Hall–Kier alpha value is -6.44. The number of para-hydroxylation sites is 2. The highest BCUT2D eigenvalue weighted by atomic mass is 15.1. The van der Waals surface area contributed by atoms with E-state index in [1.807, 2.05) is 0 Å². The first-order valence-electron chi connectivity index (χ1n) is 24.6. The molecule has 0 amide bonds. The van der Waals surface area contributed by atoms with E-state index in [1.165, 1.54) is 114 Å². The third-order valence-electron chi connectivity index (χ3n) is 17.5. The summed E-state index contributed by atoms with van der Waals surface area (Å²) in [5.74, 6) is 1.25. The van der Waals surface area contributed by atoms with Crippen LogP contribution >= 0.6 is 0 Å². The Kier molecular flexibility index (Phi) is 9.03. The third-order valence-corrected chi connectivity index (χ3v) is 17.5. The molecular weight excluding hydrogens is 783 g/mol. The summed E-state index contributed by atoms with van der Waals surface area (Å²) >= 11 is 0. The Balaban J connectivity index is 1.17. The lowest BCUT2D eigenvalue weighted by Gasteiger charge is -2.63. The lowest BCUT2D eigenvalue weighted by Crippen LogP contribution is -2.60. The Morgan fingerprint density at radius 2 is 0.846 bits per heavy atom. The first kappa shape index (κ1) is 39.0. The number of anilines is 3. The maximum Gasteiger partial charge on any atom is 0.0464 e. The fourth-order valence-electron chi connectivity index (χ4n) is 15.5. The first-order chi connectivity index (χ1) is 32.1. The van der Waals surface area contributed by atoms with E-state index in [9.17, 15) is 0 Å². The van der Waals surface area contributed by atoms with E-state index in [1.54, 1.807) is 27.8 Å². The average molecular weight is 840 g/mol. The molecule has 8 aromatic carbocycles. The molecule has 6 atom stereocenters. The number of nitrogens with zero attached hydrogens (tertiary/aromatic N) is 1. The number of aryl methyl sites for hydroxylation is 1. The van der Waals surface area contributed by atoms with Crippen LogP contribution in [0, 0.1) is 12.8 Å². The largest absolute Gasteiger partial charge is 0.310 e. The minimum absolute atomic E-state index is 0.0726. The molecule has 4 bridgehead atoms. The van der Waals surface area contributed by atoms with Crippen molar-refractivity contribution in [2.45, 2.75) is 92.8 Å². The molecule has 3 saturated carbocycles. The second-order valence-electron chi connectivity index (χ2n) is 20.5. The maximum atomic E-state index is 2.72. The number of hydrogen-bond donors (Lipinski definition) is 0. The lowest BCUT2D eigenvalue weighted by molar-refractivity contribution is 0.00270. The van der Waals surface area contributed by atoms with Gasteiger partial charge in [0.2, 0.25) is 0 Å². The van der Waals surface area contributed by atoms with Gasteiger partial charge in [0.05, 0.1) is 0 Å². The van der Waals surface area contributed by atoms with E-state index in [-0.39, 0.29) is 16.2 Å². The summed E-state index contributed by atoms with van der Waals surface area (Å²) in [5.41, 5.74) is 21.4. The van der Waals surface area contributed by atoms with Crippen LogP contribution in [0.3, 0.4) is 0 Å². The molecule has 13 rings (SSSR count). The van der Waals surface area contributed by atoms with Gasteiger partial charge in [-0.2, -0.15) is 0 Å². The molecule has 0 heterocycles. The molecule has 0 aliphatic heterocycles. The number of hydrogen-bond acceptors (Lipinski definition) is 1. The second kappa shape index (κ2) is 15.1. The number of rotatable bonds is 5. The molecule has 65 heavy (non-hydrogen) atoms. The monoisotopic (exact) mass is 839 g/mol. The molecule has 5 aliphatic rings. The van der Waals surface area contributed by atoms with E-state index in [0.29, 0.717) is 17.8 Å². The standard InChI is InChI=1S/C64H57N/c1-44-20-8-9-25-50(44)55-30-14-16-32-58(55)62-37-18-19-38-63-42-46(43-64(61(62)63)41-45(36-39-62)51-26-10-12-28-53(51)56-31-15-17-33-59(56)64)52-27-11-13-29-54(52)57-35-34-49(40-60(57)63)65(47-21-4-2-5-22-47)48-23-6-3-7-24-48/h2-17,20-35,40,45-46,61H,18-19,36-39,41-43H2,1H3. The van der Waals surface area contributed by atoms with E-state index in [4.69, 9.17) is 0 Å². The zero-order valence-corrected chi connectivity index (χ0v) is 37.6. The quantitative estimate of drug-likeness (QED) is 0.167. The lowest BCUT2D eigenvalue weighted by atomic mass is 9.40. The van der Waals surface area contributed by atoms with Gasteiger partial charge in [0.15, 0.2) is 0 Å². The smallest absolute Gasteiger partial charge is 0.0464 e. The van der Waals surface area contributed by atoms with Gasteiger partial charge in [-0.05, 0) is 173 Å². The van der Waals surface area contributed by atoms with Crippen molar-refractivity contribution in [2.75, 3.05) is 4.90 Å². The van der Waals surface area contributed by atoms with Crippen LogP contribution in [-0.2, 0) is 16.2 Å². The molecular formula is C64H57N. The highest BCUT2D eigenvalue weighted by molar-refractivity contribution is 5.84. The fraction of sp³-hybridized carbons (Fsp3) is 0.250. The molecule has 0 radical (unpaired) electrons. The molecule has 6 unspecified atom stereocenters. The number of fused-ring (bicyclic) bond motifs is 10. The van der Waals surface area contributed by atoms with Gasteiger partial charge in [-0.3, -0.25) is 0 Å². The average Bonchev–Trinajstić information content (AvgIpc) is 3.73. The summed E-state index contributed by atoms with van der Waals surface area (Å²) in [6.45, 7) is 2.33. The fourth-order valence-corrected chi connectivity index (χ4v) is 15.5. The highest BCUT2D eigenvalue weighted by Gasteiger charge is 2.68. The normalized spacial score (nSPS) is 25.7. The molecule has 1 heteroatoms. The van der Waals surface area contributed by atoms with E-state index in [0.717, 1.165) is 0 Å². The van der Waals surface area contributed by atoms with Crippen molar-refractivity contribution >= 4 is 17.1 Å². The molecule has 3 fully saturated rings. The summed E-state index contributed by atoms with van der Waals surface area (Å²) in [4.78, 5) is 2.52. The van der Waals surface area contributed by atoms with Crippen molar-refractivity contribution in [3.63, 3.8) is 0 Å². The van der Waals surface area contributed by atoms with Crippen LogP contribution < -0.4 is 4.90 Å². The van der Waals surface area contributed by atoms with Crippen molar-refractivity contribution in [3.8, 4) is 33.4 Å². The van der Waals surface area contributed by atoms with E-state index < -0.39 is 0 Å². The van der Waals surface area contributed by atoms with Crippen molar-refractivity contribution in [3.05, 3.63) is 234 Å². The first-order valence-corrected chi connectivity index (χ1v) is 24.6. The summed E-state index contributed by atoms with van der Waals surface area (Å²) < 4.78 is 0. The Labute approximate surface area is 385 Å². The van der Waals surface area contributed by atoms with Gasteiger partial charge in [-0.15, -0.1) is 0 Å². The SMILES string of the molecule is Cc1ccccc1-c1ccccc1C12CCCCC34CC(CC5(CC(CC1)c1ccccc1-c1ccccc15)C23)c1ccccc1-c1ccc(N(c2ccccc2)c2ccccc2)cc14. The Morgan fingerprint density at radius 1 is 0.369 bits per heavy atom. The predicted octanol–water partition coefficient (Wildman–Crippen LogP) is 16.9. The van der Waals surface area contributed by atoms with Crippen molar-refractivity contribution in [1.29, 1.82) is 0 Å². The van der Waals surface area contributed by atoms with Crippen LogP contribution in [0.1, 0.15) is 103 Å². The minimum atomic E-state index is -0.111. The third kappa shape index (κ3) is 5.76. The van der Waals surface area contributed by atoms with Crippen LogP contribution in [0.2, 0.25) is 0 Å². The minimum Gasteiger partial charge on any atom is -0.310 e. The summed E-state index contributed by atoms with van der Waals surface area (Å²) in [7, 11) is 0. The van der Waals surface area contributed by atoms with Crippen LogP contribution in [-0.4, -0.2) is 0 Å². The van der Waals surface area contributed by atoms with Gasteiger partial charge in [-0.25, -0.2) is 0 Å². The van der Waals surface area contributed by atoms with Gasteiger partial charge in [-0.1, -0.05) is 177 Å². The van der Waals surface area contributed by atoms with Crippen molar-refractivity contribution in [2.24, 2.45) is 5.92 Å². The topological polar surface area (TPSA) is 3.24 Å². The van der Waals surface area contributed by atoms with Gasteiger partial charge in [0.1, 0.15) is 0 Å². The van der Waals surface area contributed by atoms with Gasteiger partial charge >= 0.3 is 0 Å². The highest BCUT2D eigenvalue weighted by Crippen LogP contribution is 2.75. The predicted molar refractivity (Wildman–Crippen MR) is 271 cm³/mol.